The van der Waals surface area contributed by atoms with Gasteiger partial charge in [-0.25, -0.2) is 4.57 Å². The van der Waals surface area contributed by atoms with E-state index < -0.39 is 32.5 Å². The average Bonchev–Trinajstić information content (AvgIpc) is 3.05. The van der Waals surface area contributed by atoms with Gasteiger partial charge in [0.05, 0.1) is 6.61 Å². The van der Waals surface area contributed by atoms with Crippen LogP contribution in [0.25, 0.3) is 0 Å². The van der Waals surface area contributed by atoms with E-state index in [1.165, 1.54) is 25.7 Å². The lowest BCUT2D eigenvalue weighted by molar-refractivity contribution is -0.161. The Labute approximate surface area is 290 Å². The van der Waals surface area contributed by atoms with Crippen LogP contribution in [-0.4, -0.2) is 41.0 Å². The number of phosphoric acid groups is 1. The van der Waals surface area contributed by atoms with Gasteiger partial charge in [-0.05, 0) is 70.6 Å². The summed E-state index contributed by atoms with van der Waals surface area (Å²) in [6.45, 7) is 3.39. The second-order valence-corrected chi connectivity index (χ2v) is 12.4. The predicted octanol–water partition coefficient (Wildman–Crippen LogP) is 10.3. The smallest absolute Gasteiger partial charge is 0.462 e. The molecule has 0 aliphatic rings. The van der Waals surface area contributed by atoms with Gasteiger partial charge >= 0.3 is 19.8 Å². The Morgan fingerprint density at radius 3 is 1.71 bits per heavy atom. The molecule has 0 fully saturated rings. The van der Waals surface area contributed by atoms with Gasteiger partial charge in [0.2, 0.25) is 0 Å². The molecule has 0 amide bonds. The largest absolute Gasteiger partial charge is 0.469 e. The summed E-state index contributed by atoms with van der Waals surface area (Å²) >= 11 is 0. The minimum atomic E-state index is -4.78. The number of phosphoric ester groups is 1. The first kappa shape index (κ1) is 45.0. The molecule has 2 N–H and O–H groups in total. The molecule has 0 rings (SSSR count). The molecule has 1 unspecified atom stereocenters. The lowest BCUT2D eigenvalue weighted by Gasteiger charge is -2.18. The van der Waals surface area contributed by atoms with Crippen LogP contribution in [0.15, 0.2) is 97.2 Å². The number of carbonyl (C=O) groups is 2. The number of esters is 2. The summed E-state index contributed by atoms with van der Waals surface area (Å²) in [6.07, 6.45) is 45.7. The number of ether oxygens (including phenoxy) is 2. The minimum Gasteiger partial charge on any atom is -0.462 e. The van der Waals surface area contributed by atoms with Gasteiger partial charge in [-0.2, -0.15) is 0 Å². The molecule has 0 aliphatic heterocycles. The summed E-state index contributed by atoms with van der Waals surface area (Å²) in [7, 11) is -4.78. The van der Waals surface area contributed by atoms with Crippen LogP contribution in [-0.2, 0) is 28.2 Å². The highest BCUT2D eigenvalue weighted by Gasteiger charge is 2.22. The fraction of sp³-hybridized carbons (Fsp3) is 0.538. The van der Waals surface area contributed by atoms with E-state index in [2.05, 4.69) is 73.1 Å². The van der Waals surface area contributed by atoms with Crippen molar-refractivity contribution in [3.63, 3.8) is 0 Å². The quantitative estimate of drug-likeness (QED) is 0.0252. The Morgan fingerprint density at radius 1 is 0.583 bits per heavy atom. The van der Waals surface area contributed by atoms with Gasteiger partial charge in [0.15, 0.2) is 6.10 Å². The molecule has 0 bridgehead atoms. The maximum Gasteiger partial charge on any atom is 0.469 e. The first-order valence-electron chi connectivity index (χ1n) is 17.6. The first-order chi connectivity index (χ1) is 23.3. The minimum absolute atomic E-state index is 0.148. The molecule has 0 aromatic carbocycles. The maximum absolute atomic E-state index is 12.3. The highest BCUT2D eigenvalue weighted by atomic mass is 31.2. The molecule has 0 aliphatic carbocycles. The van der Waals surface area contributed by atoms with Crippen LogP contribution in [0, 0.1) is 0 Å². The lowest BCUT2D eigenvalue weighted by Crippen LogP contribution is -2.29. The van der Waals surface area contributed by atoms with Gasteiger partial charge in [-0.15, -0.1) is 0 Å². The van der Waals surface area contributed by atoms with Crippen molar-refractivity contribution >= 4 is 19.8 Å². The number of unbranched alkanes of at least 4 members (excludes halogenated alkanes) is 7. The molecule has 48 heavy (non-hydrogen) atoms. The van der Waals surface area contributed by atoms with E-state index in [1.807, 2.05) is 42.5 Å². The summed E-state index contributed by atoms with van der Waals surface area (Å²) in [5, 5.41) is 0. The molecule has 270 valence electrons. The van der Waals surface area contributed by atoms with Crippen LogP contribution in [0.2, 0.25) is 0 Å². The molecule has 0 aromatic rings. The number of allylic oxidation sites excluding steroid dienone is 16. The fourth-order valence-corrected chi connectivity index (χ4v) is 4.44. The zero-order chi connectivity index (χ0) is 35.4. The Kier molecular flexibility index (Phi) is 31.7. The molecule has 1 atom stereocenters. The molecule has 8 nitrogen and oxygen atoms in total. The van der Waals surface area contributed by atoms with E-state index >= 15 is 0 Å². The molecular weight excluding hydrogens is 627 g/mol. The Bertz CT molecular complexity index is 1090. The summed E-state index contributed by atoms with van der Waals surface area (Å²) in [6, 6.07) is 0. The van der Waals surface area contributed by atoms with Crippen molar-refractivity contribution in [2.24, 2.45) is 0 Å². The van der Waals surface area contributed by atoms with E-state index in [4.69, 9.17) is 19.3 Å². The van der Waals surface area contributed by atoms with Crippen molar-refractivity contribution in [2.75, 3.05) is 13.2 Å². The number of hydrogen-bond donors (Lipinski definition) is 2. The third kappa shape index (κ3) is 35.8. The first-order valence-corrected chi connectivity index (χ1v) is 19.1. The summed E-state index contributed by atoms with van der Waals surface area (Å²) in [5.74, 6) is -1.01. The molecule has 0 heterocycles. The van der Waals surface area contributed by atoms with Crippen molar-refractivity contribution in [3.05, 3.63) is 97.2 Å². The van der Waals surface area contributed by atoms with E-state index in [-0.39, 0.29) is 19.4 Å². The third-order valence-corrected chi connectivity index (χ3v) is 7.17. The zero-order valence-electron chi connectivity index (χ0n) is 29.3. The maximum atomic E-state index is 12.3. The molecule has 0 saturated heterocycles. The third-order valence-electron chi connectivity index (χ3n) is 6.68. The summed E-state index contributed by atoms with van der Waals surface area (Å²) in [5.41, 5.74) is 0. The molecule has 0 spiro atoms. The Hall–Kier alpha value is -3.03. The van der Waals surface area contributed by atoms with Crippen LogP contribution >= 0.6 is 7.82 Å². The van der Waals surface area contributed by atoms with Crippen LogP contribution in [0.5, 0.6) is 0 Å². The zero-order valence-corrected chi connectivity index (χ0v) is 30.2. The van der Waals surface area contributed by atoms with Crippen LogP contribution in [0.3, 0.4) is 0 Å². The number of carbonyl (C=O) groups excluding carboxylic acids is 2. The summed E-state index contributed by atoms with van der Waals surface area (Å²) < 4.78 is 26.1. The van der Waals surface area contributed by atoms with Crippen molar-refractivity contribution in [1.82, 2.24) is 0 Å². The van der Waals surface area contributed by atoms with Gasteiger partial charge in [-0.1, -0.05) is 130 Å². The monoisotopic (exact) mass is 688 g/mol. The number of rotatable bonds is 30. The van der Waals surface area contributed by atoms with Crippen LogP contribution in [0.4, 0.5) is 0 Å². The van der Waals surface area contributed by atoms with Gasteiger partial charge < -0.3 is 19.3 Å². The predicted molar refractivity (Wildman–Crippen MR) is 197 cm³/mol. The highest BCUT2D eigenvalue weighted by Crippen LogP contribution is 2.35. The molecular formula is C39H61O8P. The normalized spacial score (nSPS) is 13.7. The second kappa shape index (κ2) is 33.9. The molecule has 0 saturated carbocycles. The number of hydrogen-bond acceptors (Lipinski definition) is 6. The van der Waals surface area contributed by atoms with Gasteiger partial charge in [0, 0.05) is 12.8 Å². The molecule has 0 radical (unpaired) electrons. The fourth-order valence-electron chi connectivity index (χ4n) is 4.08. The van der Waals surface area contributed by atoms with E-state index in [1.54, 1.807) is 0 Å². The SMILES string of the molecule is CC/C=C/C=C/C=C/C=C/CCCCCC(=O)OC(COC(=O)CCC/C=C/C/C=C/C/C=C/C/C=C/CCCCC)COP(=O)(O)O. The van der Waals surface area contributed by atoms with Crippen molar-refractivity contribution in [1.29, 1.82) is 0 Å². The highest BCUT2D eigenvalue weighted by molar-refractivity contribution is 7.46. The summed E-state index contributed by atoms with van der Waals surface area (Å²) in [4.78, 5) is 42.6. The second-order valence-electron chi connectivity index (χ2n) is 11.2. The van der Waals surface area contributed by atoms with E-state index in [0.29, 0.717) is 19.3 Å². The molecule has 0 aromatic heterocycles. The van der Waals surface area contributed by atoms with Crippen LogP contribution in [0.1, 0.15) is 117 Å². The standard InChI is InChI=1S/C39H61O8P/c1-3-5-7-9-11-13-15-17-18-19-20-22-23-25-27-29-31-33-38(40)45-35-37(36-46-48(42,43)44)47-39(41)34-32-30-28-26-24-21-16-14-12-10-8-6-4-2/h6,8,10-14,16-18,20-22,24-25,27,37H,3-5,7,9,15,19,23,26,28-36H2,1-2H3,(H2,42,43,44)/b8-6+,12-10+,13-11+,16-14+,18-17+,22-20+,24-21+,27-25+. The average molecular weight is 689 g/mol. The van der Waals surface area contributed by atoms with Gasteiger partial charge in [-0.3, -0.25) is 14.1 Å². The Morgan fingerprint density at radius 2 is 1.10 bits per heavy atom. The van der Waals surface area contributed by atoms with Crippen LogP contribution < -0.4 is 0 Å². The van der Waals surface area contributed by atoms with Gasteiger partial charge in [0.1, 0.15) is 6.61 Å². The van der Waals surface area contributed by atoms with Crippen molar-refractivity contribution in [3.8, 4) is 0 Å². The van der Waals surface area contributed by atoms with Crippen molar-refractivity contribution < 1.29 is 37.9 Å². The Balaban J connectivity index is 4.20. The molecule has 9 heteroatoms. The van der Waals surface area contributed by atoms with E-state index in [9.17, 15) is 14.2 Å². The lowest BCUT2D eigenvalue weighted by atomic mass is 10.1. The van der Waals surface area contributed by atoms with Gasteiger partial charge in [0.25, 0.3) is 0 Å². The topological polar surface area (TPSA) is 119 Å². The van der Waals surface area contributed by atoms with Crippen molar-refractivity contribution in [2.45, 2.75) is 123 Å². The van der Waals surface area contributed by atoms with E-state index in [0.717, 1.165) is 44.9 Å².